The number of aliphatic carboxylic acids is 3. The number of allylic oxidation sites excluding steroid dienone is 2. The van der Waals surface area contributed by atoms with E-state index in [4.69, 9.17) is 9.29 Å². The largest absolute Gasteiger partial charge is 1.00 e. The molecule has 0 bridgehead atoms. The van der Waals surface area contributed by atoms with E-state index in [1.165, 1.54) is 77.0 Å². The Morgan fingerprint density at radius 1 is 0.579 bits per heavy atom. The van der Waals surface area contributed by atoms with Gasteiger partial charge in [-0.05, 0) is 38.5 Å². The van der Waals surface area contributed by atoms with Gasteiger partial charge in [-0.15, -0.1) is 0 Å². The zero-order chi connectivity index (χ0) is 41.3. The van der Waals surface area contributed by atoms with Crippen molar-refractivity contribution < 1.29 is 154 Å². The quantitative estimate of drug-likeness (QED) is 0.0201. The molecule has 2 atom stereocenters. The van der Waals surface area contributed by atoms with Gasteiger partial charge in [0.25, 0.3) is 20.2 Å². The molecule has 19 heteroatoms. The summed E-state index contributed by atoms with van der Waals surface area (Å²) < 4.78 is 64.8. The van der Waals surface area contributed by atoms with Crippen LogP contribution >= 0.6 is 0 Å². The summed E-state index contributed by atoms with van der Waals surface area (Å²) in [5.74, 6) is -6.96. The summed E-state index contributed by atoms with van der Waals surface area (Å²) in [5, 5.41) is 30.3. The molecule has 0 aliphatic heterocycles. The van der Waals surface area contributed by atoms with E-state index < -0.39 is 73.4 Å². The monoisotopic (exact) mass is 880 g/mol. The number of carboxylic acids is 3. The Labute approximate surface area is 409 Å². The van der Waals surface area contributed by atoms with Crippen LogP contribution in [0.4, 0.5) is 0 Å². The van der Waals surface area contributed by atoms with Crippen LogP contribution in [-0.2, 0) is 44.2 Å². The summed E-state index contributed by atoms with van der Waals surface area (Å²) in [6.07, 6.45) is 27.0. The molecular formula is C38H67Na3O14S2. The standard InChI is InChI=1S/C22H40O7S.C16H30O7S.3Na/c1-2-3-4-5-6-7-8-9-10-11-12-13-14-15-16-17-18-22(21(25)26,19-20(23)24)30(27,28)29;1-2-3-4-5-6-7-8-9-10-11-12-23-16(19)14(13-15(17)18)24(20,21)22;;;/h9-10H,2-8,11-19H2,1H3,(H,23,24)(H,25,26)(H,27,28,29);14H,2-13H2,1H3,(H,17,18)(H,20,21,22);;;/q;;3*+1/p-3/b10-9-;;;;. The Hall–Kier alpha value is 0.440. The summed E-state index contributed by atoms with van der Waals surface area (Å²) in [5.41, 5.74) is 0. The van der Waals surface area contributed by atoms with Gasteiger partial charge in [-0.2, -0.15) is 16.8 Å². The normalized spacial score (nSPS) is 12.8. The van der Waals surface area contributed by atoms with Crippen molar-refractivity contribution in [3.05, 3.63) is 12.2 Å². The zero-order valence-corrected chi connectivity index (χ0v) is 43.3. The van der Waals surface area contributed by atoms with Gasteiger partial charge in [0.2, 0.25) is 0 Å². The van der Waals surface area contributed by atoms with Crippen molar-refractivity contribution in [2.75, 3.05) is 6.61 Å². The number of carbonyl (C=O) groups is 4. The van der Waals surface area contributed by atoms with Gasteiger partial charge in [-0.3, -0.25) is 13.9 Å². The van der Waals surface area contributed by atoms with E-state index in [0.717, 1.165) is 57.8 Å². The molecule has 0 aliphatic carbocycles. The van der Waals surface area contributed by atoms with E-state index >= 15 is 0 Å². The van der Waals surface area contributed by atoms with Gasteiger partial charge in [0.05, 0.1) is 12.6 Å². The van der Waals surface area contributed by atoms with Crippen molar-refractivity contribution in [1.82, 2.24) is 0 Å². The first kappa shape index (κ1) is 66.5. The number of carboxylic acid groups (broad SMARTS) is 3. The van der Waals surface area contributed by atoms with E-state index in [1.807, 2.05) is 0 Å². The van der Waals surface area contributed by atoms with Crippen LogP contribution in [0.15, 0.2) is 12.2 Å². The molecule has 0 aliphatic rings. The molecule has 0 rings (SSSR count). The molecule has 0 aromatic heterocycles. The van der Waals surface area contributed by atoms with Crippen molar-refractivity contribution in [2.24, 2.45) is 0 Å². The predicted molar refractivity (Wildman–Crippen MR) is 201 cm³/mol. The number of hydrogen-bond donors (Lipinski definition) is 2. The SMILES string of the molecule is CCCCCCCC/C=C\CCCCCCCCC(CC(=O)[O-])(C(=O)[O-])S(=O)(=O)O.CCCCCCCCCCCCOC(=O)C(CC(=O)[O-])S(=O)(=O)O.[Na+].[Na+].[Na+]. The summed E-state index contributed by atoms with van der Waals surface area (Å²) in [6.45, 7) is 4.41. The van der Waals surface area contributed by atoms with Crippen molar-refractivity contribution in [2.45, 2.75) is 197 Å². The molecule has 0 saturated carbocycles. The Bertz CT molecular complexity index is 1280. The molecule has 318 valence electrons. The van der Waals surface area contributed by atoms with Crippen molar-refractivity contribution >= 4 is 44.1 Å². The third kappa shape index (κ3) is 37.9. The van der Waals surface area contributed by atoms with Crippen molar-refractivity contribution in [3.8, 4) is 0 Å². The molecule has 0 aromatic rings. The van der Waals surface area contributed by atoms with Crippen molar-refractivity contribution in [3.63, 3.8) is 0 Å². The molecule has 0 fully saturated rings. The summed E-state index contributed by atoms with van der Waals surface area (Å²) in [4.78, 5) is 44.0. The maximum absolute atomic E-state index is 11.5. The van der Waals surface area contributed by atoms with Gasteiger partial charge in [0.1, 0.15) is 4.75 Å². The second kappa shape index (κ2) is 41.8. The third-order valence-electron chi connectivity index (χ3n) is 9.10. The maximum Gasteiger partial charge on any atom is 1.00 e. The third-order valence-corrected chi connectivity index (χ3v) is 11.7. The Morgan fingerprint density at radius 2 is 0.947 bits per heavy atom. The van der Waals surface area contributed by atoms with Gasteiger partial charge < -0.3 is 34.4 Å². The first-order chi connectivity index (χ1) is 25.5. The second-order valence-corrected chi connectivity index (χ2v) is 17.3. The molecular weight excluding hydrogens is 814 g/mol. The van der Waals surface area contributed by atoms with E-state index in [9.17, 15) is 55.9 Å². The number of esters is 1. The smallest absolute Gasteiger partial charge is 0.550 e. The zero-order valence-electron chi connectivity index (χ0n) is 35.6. The minimum Gasteiger partial charge on any atom is -0.550 e. The van der Waals surface area contributed by atoms with Gasteiger partial charge in [0, 0.05) is 24.8 Å². The molecule has 57 heavy (non-hydrogen) atoms. The average molecular weight is 881 g/mol. The number of carbonyl (C=O) groups excluding carboxylic acids is 4. The van der Waals surface area contributed by atoms with Crippen LogP contribution in [0.1, 0.15) is 187 Å². The maximum atomic E-state index is 11.5. The van der Waals surface area contributed by atoms with Gasteiger partial charge in [-0.1, -0.05) is 148 Å². The van der Waals surface area contributed by atoms with Crippen LogP contribution in [-0.4, -0.2) is 66.4 Å². The second-order valence-electron chi connectivity index (χ2n) is 13.9. The van der Waals surface area contributed by atoms with Crippen molar-refractivity contribution in [1.29, 1.82) is 0 Å². The van der Waals surface area contributed by atoms with Crippen LogP contribution < -0.4 is 104 Å². The molecule has 0 spiro atoms. The van der Waals surface area contributed by atoms with Crippen LogP contribution in [0, 0.1) is 0 Å². The van der Waals surface area contributed by atoms with Gasteiger partial charge in [-0.25, -0.2) is 0 Å². The number of rotatable bonds is 35. The number of unbranched alkanes of at least 4 members (excludes halogenated alkanes) is 21. The summed E-state index contributed by atoms with van der Waals surface area (Å²) >= 11 is 0. The molecule has 0 radical (unpaired) electrons. The molecule has 0 amide bonds. The summed E-state index contributed by atoms with van der Waals surface area (Å²) in [6, 6.07) is 0. The first-order valence-electron chi connectivity index (χ1n) is 19.8. The van der Waals surface area contributed by atoms with E-state index in [0.29, 0.717) is 12.8 Å². The molecule has 2 unspecified atom stereocenters. The molecule has 0 saturated heterocycles. The van der Waals surface area contributed by atoms with Gasteiger partial charge in [0.15, 0.2) is 5.25 Å². The number of hydrogen-bond acceptors (Lipinski definition) is 12. The van der Waals surface area contributed by atoms with E-state index in [1.54, 1.807) is 0 Å². The van der Waals surface area contributed by atoms with Crippen LogP contribution in [0.5, 0.6) is 0 Å². The van der Waals surface area contributed by atoms with E-state index in [-0.39, 0.29) is 102 Å². The van der Waals surface area contributed by atoms with E-state index in [2.05, 4.69) is 26.0 Å². The minimum atomic E-state index is -5.13. The average Bonchev–Trinajstić information content (AvgIpc) is 3.07. The Balaban J connectivity index is -0.000000307. The summed E-state index contributed by atoms with van der Waals surface area (Å²) in [7, 11) is -9.95. The molecule has 0 heterocycles. The topological polar surface area (TPSA) is 255 Å². The first-order valence-corrected chi connectivity index (χ1v) is 22.8. The Morgan fingerprint density at radius 3 is 1.28 bits per heavy atom. The molecule has 2 N–H and O–H groups in total. The van der Waals surface area contributed by atoms with Crippen LogP contribution in [0.2, 0.25) is 0 Å². The predicted octanol–water partition coefficient (Wildman–Crippen LogP) is -4.21. The Kier molecular flexibility index (Phi) is 48.8. The fourth-order valence-corrected chi connectivity index (χ4v) is 7.37. The van der Waals surface area contributed by atoms with Gasteiger partial charge >= 0.3 is 94.6 Å². The fraction of sp³-hybridized carbons (Fsp3) is 0.842. The molecule has 0 aromatic carbocycles. The molecule has 14 nitrogen and oxygen atoms in total. The number of ether oxygens (including phenoxy) is 1. The fourth-order valence-electron chi connectivity index (χ4n) is 5.80. The minimum absolute atomic E-state index is 0. The van der Waals surface area contributed by atoms with Crippen LogP contribution in [0.25, 0.3) is 0 Å². The van der Waals surface area contributed by atoms with Crippen LogP contribution in [0.3, 0.4) is 0 Å².